The van der Waals surface area contributed by atoms with Crippen molar-refractivity contribution in [2.24, 2.45) is 0 Å². The molecule has 0 aliphatic carbocycles. The molecule has 22 heavy (non-hydrogen) atoms. The maximum Gasteiger partial charge on any atom is 0.228 e. The number of nitrogens with one attached hydrogen (secondary N) is 1. The van der Waals surface area contributed by atoms with Gasteiger partial charge in [0.2, 0.25) is 5.91 Å². The van der Waals surface area contributed by atoms with Crippen molar-refractivity contribution < 1.29 is 14.3 Å². The van der Waals surface area contributed by atoms with Crippen LogP contribution in [-0.2, 0) is 11.2 Å². The van der Waals surface area contributed by atoms with Gasteiger partial charge in [0, 0.05) is 16.2 Å². The van der Waals surface area contributed by atoms with E-state index in [-0.39, 0.29) is 5.91 Å². The molecule has 0 bridgehead atoms. The first kappa shape index (κ1) is 16.4. The van der Waals surface area contributed by atoms with E-state index < -0.39 is 0 Å². The third-order valence-electron chi connectivity index (χ3n) is 3.03. The molecule has 2 aromatic rings. The summed E-state index contributed by atoms with van der Waals surface area (Å²) in [6.45, 7) is 2.47. The molecular formula is C17H18BrNO3. The van der Waals surface area contributed by atoms with Gasteiger partial charge in [0.15, 0.2) is 11.5 Å². The van der Waals surface area contributed by atoms with Crippen molar-refractivity contribution in [3.05, 3.63) is 52.5 Å². The number of halogens is 1. The Kier molecular flexibility index (Phi) is 5.83. The van der Waals surface area contributed by atoms with Crippen molar-refractivity contribution in [3.8, 4) is 11.5 Å². The monoisotopic (exact) mass is 363 g/mol. The zero-order valence-electron chi connectivity index (χ0n) is 12.6. The summed E-state index contributed by atoms with van der Waals surface area (Å²) in [6, 6.07) is 13.0. The maximum absolute atomic E-state index is 12.1. The predicted octanol–water partition coefficient (Wildman–Crippen LogP) is 4.04. The van der Waals surface area contributed by atoms with Crippen molar-refractivity contribution in [2.45, 2.75) is 13.3 Å². The summed E-state index contributed by atoms with van der Waals surface area (Å²) >= 11 is 3.37. The van der Waals surface area contributed by atoms with Gasteiger partial charge in [-0.3, -0.25) is 4.79 Å². The largest absolute Gasteiger partial charge is 0.493 e. The Labute approximate surface area is 138 Å². The lowest BCUT2D eigenvalue weighted by atomic mass is 10.1. The van der Waals surface area contributed by atoms with Crippen molar-refractivity contribution in [3.63, 3.8) is 0 Å². The lowest BCUT2D eigenvalue weighted by Crippen LogP contribution is -2.14. The minimum atomic E-state index is -0.0754. The van der Waals surface area contributed by atoms with Crippen molar-refractivity contribution >= 4 is 27.5 Å². The Morgan fingerprint density at radius 1 is 1.14 bits per heavy atom. The van der Waals surface area contributed by atoms with E-state index in [2.05, 4.69) is 21.2 Å². The number of hydrogen-bond donors (Lipinski definition) is 1. The summed E-state index contributed by atoms with van der Waals surface area (Å²) in [4.78, 5) is 12.1. The van der Waals surface area contributed by atoms with Crippen LogP contribution in [0.25, 0.3) is 0 Å². The number of carbonyl (C=O) groups excluding carboxylic acids is 1. The van der Waals surface area contributed by atoms with Gasteiger partial charge in [-0.2, -0.15) is 0 Å². The first-order valence-corrected chi connectivity index (χ1v) is 7.76. The number of methoxy groups -OCH3 is 1. The van der Waals surface area contributed by atoms with Gasteiger partial charge in [0.1, 0.15) is 0 Å². The van der Waals surface area contributed by atoms with Crippen LogP contribution in [0, 0.1) is 0 Å². The van der Waals surface area contributed by atoms with Crippen molar-refractivity contribution in [2.75, 3.05) is 19.0 Å². The van der Waals surface area contributed by atoms with Crippen LogP contribution in [0.15, 0.2) is 46.9 Å². The summed E-state index contributed by atoms with van der Waals surface area (Å²) in [5.41, 5.74) is 1.64. The fourth-order valence-corrected chi connectivity index (χ4v) is 2.28. The van der Waals surface area contributed by atoms with E-state index in [9.17, 15) is 4.79 Å². The lowest BCUT2D eigenvalue weighted by Gasteiger charge is -2.11. The van der Waals surface area contributed by atoms with Crippen molar-refractivity contribution in [1.29, 1.82) is 0 Å². The summed E-state index contributed by atoms with van der Waals surface area (Å²) < 4.78 is 11.7. The van der Waals surface area contributed by atoms with Crippen LogP contribution in [0.5, 0.6) is 11.5 Å². The van der Waals surface area contributed by atoms with Gasteiger partial charge in [0.25, 0.3) is 0 Å². The van der Waals surface area contributed by atoms with Gasteiger partial charge < -0.3 is 14.8 Å². The van der Waals surface area contributed by atoms with Crippen LogP contribution < -0.4 is 14.8 Å². The molecule has 1 N–H and O–H groups in total. The highest BCUT2D eigenvalue weighted by molar-refractivity contribution is 9.10. The summed E-state index contributed by atoms with van der Waals surface area (Å²) in [7, 11) is 1.57. The molecular weight excluding hydrogens is 346 g/mol. The van der Waals surface area contributed by atoms with Gasteiger partial charge in [0.05, 0.1) is 20.1 Å². The molecule has 2 aromatic carbocycles. The molecule has 0 aliphatic rings. The molecule has 0 aromatic heterocycles. The molecule has 0 saturated heterocycles. The minimum absolute atomic E-state index is 0.0754. The van der Waals surface area contributed by atoms with Crippen LogP contribution >= 0.6 is 15.9 Å². The first-order valence-electron chi connectivity index (χ1n) is 6.97. The Morgan fingerprint density at radius 2 is 1.86 bits per heavy atom. The average molecular weight is 364 g/mol. The summed E-state index contributed by atoms with van der Waals surface area (Å²) in [6.07, 6.45) is 0.322. The maximum atomic E-state index is 12.1. The van der Waals surface area contributed by atoms with E-state index >= 15 is 0 Å². The number of rotatable bonds is 6. The Bertz CT molecular complexity index is 641. The lowest BCUT2D eigenvalue weighted by molar-refractivity contribution is -0.115. The molecule has 0 aliphatic heterocycles. The van der Waals surface area contributed by atoms with Crippen LogP contribution in [0.2, 0.25) is 0 Å². The Balaban J connectivity index is 2.03. The first-order chi connectivity index (χ1) is 10.6. The molecule has 0 atom stereocenters. The quantitative estimate of drug-likeness (QED) is 0.842. The number of benzene rings is 2. The molecule has 116 valence electrons. The van der Waals surface area contributed by atoms with Crippen molar-refractivity contribution in [1.82, 2.24) is 0 Å². The highest BCUT2D eigenvalue weighted by atomic mass is 79.9. The molecule has 0 spiro atoms. The fourth-order valence-electron chi connectivity index (χ4n) is 2.01. The van der Waals surface area contributed by atoms with Crippen LogP contribution in [0.4, 0.5) is 5.69 Å². The topological polar surface area (TPSA) is 47.6 Å². The molecule has 0 saturated carbocycles. The Hall–Kier alpha value is -2.01. The second-order valence-electron chi connectivity index (χ2n) is 4.65. The van der Waals surface area contributed by atoms with Crippen LogP contribution in [0.1, 0.15) is 12.5 Å². The number of ether oxygens (including phenoxy) is 2. The smallest absolute Gasteiger partial charge is 0.228 e. The zero-order chi connectivity index (χ0) is 15.9. The highest BCUT2D eigenvalue weighted by Crippen LogP contribution is 2.30. The third kappa shape index (κ3) is 4.49. The van der Waals surface area contributed by atoms with E-state index in [1.165, 1.54) is 0 Å². The molecule has 0 unspecified atom stereocenters. The Morgan fingerprint density at radius 3 is 2.50 bits per heavy atom. The third-order valence-corrected chi connectivity index (χ3v) is 3.55. The number of hydrogen-bond acceptors (Lipinski definition) is 3. The number of carbonyl (C=O) groups is 1. The number of anilines is 1. The fraction of sp³-hybridized carbons (Fsp3) is 0.235. The highest BCUT2D eigenvalue weighted by Gasteiger charge is 2.08. The summed E-state index contributed by atoms with van der Waals surface area (Å²) in [5, 5.41) is 2.86. The molecule has 1 amide bonds. The number of amides is 1. The van der Waals surface area contributed by atoms with Crippen LogP contribution in [0.3, 0.4) is 0 Å². The minimum Gasteiger partial charge on any atom is -0.493 e. The molecule has 0 heterocycles. The van der Waals surface area contributed by atoms with Gasteiger partial charge in [-0.15, -0.1) is 0 Å². The molecule has 4 nitrogen and oxygen atoms in total. The normalized spacial score (nSPS) is 10.1. The van der Waals surface area contributed by atoms with Crippen LogP contribution in [-0.4, -0.2) is 19.6 Å². The summed E-state index contributed by atoms with van der Waals surface area (Å²) in [5.74, 6) is 1.19. The molecule has 2 rings (SSSR count). The average Bonchev–Trinajstić information content (AvgIpc) is 2.51. The molecule has 5 heteroatoms. The van der Waals surface area contributed by atoms with Gasteiger partial charge in [-0.25, -0.2) is 0 Å². The standard InChI is InChI=1S/C17H18BrNO3/c1-3-22-15-9-8-14(11-16(15)21-2)19-17(20)10-12-4-6-13(18)7-5-12/h4-9,11H,3,10H2,1-2H3,(H,19,20). The van der Waals surface area contributed by atoms with E-state index in [0.717, 1.165) is 10.0 Å². The second-order valence-corrected chi connectivity index (χ2v) is 5.57. The van der Waals surface area contributed by atoms with Gasteiger partial charge in [-0.1, -0.05) is 28.1 Å². The van der Waals surface area contributed by atoms with E-state index in [0.29, 0.717) is 30.2 Å². The molecule has 0 radical (unpaired) electrons. The van der Waals surface area contributed by atoms with Gasteiger partial charge >= 0.3 is 0 Å². The zero-order valence-corrected chi connectivity index (χ0v) is 14.1. The van der Waals surface area contributed by atoms with E-state index in [1.807, 2.05) is 31.2 Å². The van der Waals surface area contributed by atoms with E-state index in [4.69, 9.17) is 9.47 Å². The van der Waals surface area contributed by atoms with Gasteiger partial charge in [-0.05, 0) is 36.8 Å². The van der Waals surface area contributed by atoms with E-state index in [1.54, 1.807) is 25.3 Å². The predicted molar refractivity (Wildman–Crippen MR) is 90.6 cm³/mol. The molecule has 0 fully saturated rings. The second kappa shape index (κ2) is 7.84. The SMILES string of the molecule is CCOc1ccc(NC(=O)Cc2ccc(Br)cc2)cc1OC.